The number of sulfonamides is 1. The lowest BCUT2D eigenvalue weighted by Gasteiger charge is -2.21. The average molecular weight is 314 g/mol. The number of imidazole rings is 1. The van der Waals surface area contributed by atoms with Crippen molar-refractivity contribution >= 4 is 10.0 Å². The van der Waals surface area contributed by atoms with Gasteiger partial charge in [0.15, 0.2) is 5.03 Å². The molecule has 1 aromatic heterocycles. The summed E-state index contributed by atoms with van der Waals surface area (Å²) in [5.41, 5.74) is 6.09. The lowest BCUT2D eigenvalue weighted by molar-refractivity contribution is 0.455. The minimum Gasteiger partial charge on any atom is -0.334 e. The monoisotopic (exact) mass is 314 g/mol. The normalized spacial score (nSPS) is 24.0. The molecule has 1 aliphatic carbocycles. The van der Waals surface area contributed by atoms with E-state index in [-0.39, 0.29) is 17.1 Å². The van der Waals surface area contributed by atoms with Gasteiger partial charge in [-0.2, -0.15) is 0 Å². The molecule has 6 nitrogen and oxygen atoms in total. The standard InChI is InChI=1S/C14H26N4O2S/c1-3-9-18-10-14(16-11(18)2)21(19,20)17-13-8-6-4-5-7-12(13)15/h10,12-13,17H,3-9,15H2,1-2H3. The molecule has 3 N–H and O–H groups in total. The van der Waals surface area contributed by atoms with Gasteiger partial charge in [0.25, 0.3) is 10.0 Å². The molecular weight excluding hydrogens is 288 g/mol. The summed E-state index contributed by atoms with van der Waals surface area (Å²) >= 11 is 0. The van der Waals surface area contributed by atoms with Crippen LogP contribution < -0.4 is 10.5 Å². The molecule has 1 aliphatic rings. The summed E-state index contributed by atoms with van der Waals surface area (Å²) in [7, 11) is -3.59. The highest BCUT2D eigenvalue weighted by Gasteiger charge is 2.27. The molecule has 1 aromatic rings. The van der Waals surface area contributed by atoms with Gasteiger partial charge < -0.3 is 10.3 Å². The minimum absolute atomic E-state index is 0.102. The van der Waals surface area contributed by atoms with E-state index in [1.165, 1.54) is 0 Å². The van der Waals surface area contributed by atoms with E-state index in [0.29, 0.717) is 0 Å². The summed E-state index contributed by atoms with van der Waals surface area (Å²) in [6.45, 7) is 4.65. The summed E-state index contributed by atoms with van der Waals surface area (Å²) in [4.78, 5) is 4.19. The third-order valence-electron chi connectivity index (χ3n) is 4.07. The zero-order chi connectivity index (χ0) is 15.5. The summed E-state index contributed by atoms with van der Waals surface area (Å²) in [6.07, 6.45) is 7.44. The predicted molar refractivity (Wildman–Crippen MR) is 82.4 cm³/mol. The lowest BCUT2D eigenvalue weighted by atomic mass is 10.1. The van der Waals surface area contributed by atoms with Gasteiger partial charge >= 0.3 is 0 Å². The molecule has 2 atom stereocenters. The Labute approximate surface area is 127 Å². The van der Waals surface area contributed by atoms with Crippen LogP contribution in [0.4, 0.5) is 0 Å². The second-order valence-corrected chi connectivity index (χ2v) is 7.51. The fourth-order valence-electron chi connectivity index (χ4n) is 2.82. The summed E-state index contributed by atoms with van der Waals surface area (Å²) in [5, 5.41) is 0.102. The van der Waals surface area contributed by atoms with E-state index in [1.807, 2.05) is 11.5 Å². The van der Waals surface area contributed by atoms with Crippen molar-refractivity contribution in [3.05, 3.63) is 12.0 Å². The third-order valence-corrected chi connectivity index (χ3v) is 5.43. The SMILES string of the molecule is CCCn1cc(S(=O)(=O)NC2CCCCCC2N)nc1C. The number of aromatic nitrogens is 2. The van der Waals surface area contributed by atoms with Crippen molar-refractivity contribution in [1.82, 2.24) is 14.3 Å². The molecule has 0 amide bonds. The van der Waals surface area contributed by atoms with E-state index in [4.69, 9.17) is 5.73 Å². The highest BCUT2D eigenvalue weighted by Crippen LogP contribution is 2.19. The largest absolute Gasteiger partial charge is 0.334 e. The van der Waals surface area contributed by atoms with Crippen LogP contribution in [0.15, 0.2) is 11.2 Å². The Kier molecular flexibility index (Phi) is 5.40. The first-order valence-corrected chi connectivity index (χ1v) is 9.24. The first kappa shape index (κ1) is 16.5. The maximum atomic E-state index is 12.5. The Hall–Kier alpha value is -0.920. The fraction of sp³-hybridized carbons (Fsp3) is 0.786. The van der Waals surface area contributed by atoms with Crippen molar-refractivity contribution in [1.29, 1.82) is 0 Å². The number of hydrogen-bond donors (Lipinski definition) is 2. The highest BCUT2D eigenvalue weighted by molar-refractivity contribution is 7.89. The van der Waals surface area contributed by atoms with Gasteiger partial charge in [-0.3, -0.25) is 0 Å². The Morgan fingerprint density at radius 1 is 1.38 bits per heavy atom. The van der Waals surface area contributed by atoms with E-state index < -0.39 is 10.0 Å². The van der Waals surface area contributed by atoms with E-state index in [9.17, 15) is 8.42 Å². The minimum atomic E-state index is -3.59. The first-order chi connectivity index (χ1) is 9.94. The molecule has 0 bridgehead atoms. The summed E-state index contributed by atoms with van der Waals surface area (Å²) in [5.74, 6) is 0.724. The van der Waals surface area contributed by atoms with Crippen LogP contribution in [0.3, 0.4) is 0 Å². The van der Waals surface area contributed by atoms with Crippen molar-refractivity contribution in [2.24, 2.45) is 5.73 Å². The van der Waals surface area contributed by atoms with Crippen LogP contribution >= 0.6 is 0 Å². The second-order valence-electron chi connectivity index (χ2n) is 5.85. The number of nitrogens with zero attached hydrogens (tertiary/aromatic N) is 2. The van der Waals surface area contributed by atoms with Crippen molar-refractivity contribution in [2.75, 3.05) is 0 Å². The van der Waals surface area contributed by atoms with Gasteiger partial charge in [0.05, 0.1) is 0 Å². The number of nitrogens with two attached hydrogens (primary N) is 1. The molecule has 0 aromatic carbocycles. The third kappa shape index (κ3) is 4.05. The smallest absolute Gasteiger partial charge is 0.259 e. The first-order valence-electron chi connectivity index (χ1n) is 7.75. The Morgan fingerprint density at radius 2 is 2.10 bits per heavy atom. The number of aryl methyl sites for hydroxylation is 2. The topological polar surface area (TPSA) is 90.0 Å². The van der Waals surface area contributed by atoms with E-state index in [2.05, 4.69) is 16.6 Å². The van der Waals surface area contributed by atoms with Gasteiger partial charge in [-0.05, 0) is 26.2 Å². The number of nitrogens with one attached hydrogen (secondary N) is 1. The second kappa shape index (κ2) is 6.89. The molecule has 1 saturated carbocycles. The van der Waals surface area contributed by atoms with Gasteiger partial charge in [0.1, 0.15) is 5.82 Å². The van der Waals surface area contributed by atoms with Crippen LogP contribution in [0.2, 0.25) is 0 Å². The molecule has 0 aliphatic heterocycles. The molecular formula is C14H26N4O2S. The summed E-state index contributed by atoms with van der Waals surface area (Å²) < 4.78 is 29.6. The molecule has 1 fully saturated rings. The number of rotatable bonds is 5. The van der Waals surface area contributed by atoms with Crippen LogP contribution in [0, 0.1) is 6.92 Å². The predicted octanol–water partition coefficient (Wildman–Crippen LogP) is 1.54. The van der Waals surface area contributed by atoms with Crippen molar-refractivity contribution in [2.45, 2.75) is 76.0 Å². The van der Waals surface area contributed by atoms with Crippen LogP contribution in [-0.4, -0.2) is 30.1 Å². The van der Waals surface area contributed by atoms with Crippen molar-refractivity contribution in [3.63, 3.8) is 0 Å². The maximum Gasteiger partial charge on any atom is 0.259 e. The molecule has 2 rings (SSSR count). The van der Waals surface area contributed by atoms with Crippen LogP contribution in [0.5, 0.6) is 0 Å². The molecule has 0 spiro atoms. The fourth-order valence-corrected chi connectivity index (χ4v) is 4.15. The van der Waals surface area contributed by atoms with Crippen molar-refractivity contribution < 1.29 is 8.42 Å². The zero-order valence-electron chi connectivity index (χ0n) is 12.9. The van der Waals surface area contributed by atoms with Crippen molar-refractivity contribution in [3.8, 4) is 0 Å². The van der Waals surface area contributed by atoms with Gasteiger partial charge in [-0.15, -0.1) is 0 Å². The Balaban J connectivity index is 2.15. The molecule has 2 unspecified atom stereocenters. The van der Waals surface area contributed by atoms with E-state index in [0.717, 1.165) is 50.9 Å². The van der Waals surface area contributed by atoms with Gasteiger partial charge in [-0.25, -0.2) is 18.1 Å². The molecule has 0 saturated heterocycles. The average Bonchev–Trinajstić information content (AvgIpc) is 2.68. The molecule has 120 valence electrons. The van der Waals surface area contributed by atoms with Crippen LogP contribution in [-0.2, 0) is 16.6 Å². The molecule has 1 heterocycles. The zero-order valence-corrected chi connectivity index (χ0v) is 13.7. The van der Waals surface area contributed by atoms with Gasteiger partial charge in [0.2, 0.25) is 0 Å². The van der Waals surface area contributed by atoms with Crippen LogP contribution in [0.25, 0.3) is 0 Å². The molecule has 7 heteroatoms. The quantitative estimate of drug-likeness (QED) is 0.807. The molecule has 0 radical (unpaired) electrons. The van der Waals surface area contributed by atoms with E-state index >= 15 is 0 Å². The number of hydrogen-bond acceptors (Lipinski definition) is 4. The highest BCUT2D eigenvalue weighted by atomic mass is 32.2. The van der Waals surface area contributed by atoms with E-state index in [1.54, 1.807) is 6.20 Å². The van der Waals surface area contributed by atoms with Gasteiger partial charge in [0, 0.05) is 24.8 Å². The van der Waals surface area contributed by atoms with Crippen LogP contribution in [0.1, 0.15) is 51.3 Å². The lowest BCUT2D eigenvalue weighted by Crippen LogP contribution is -2.46. The van der Waals surface area contributed by atoms with Gasteiger partial charge in [-0.1, -0.05) is 26.2 Å². The Morgan fingerprint density at radius 3 is 2.81 bits per heavy atom. The summed E-state index contributed by atoms with van der Waals surface area (Å²) in [6, 6.07) is -0.296. The maximum absolute atomic E-state index is 12.5. The Bertz CT molecular complexity index is 568. The molecule has 21 heavy (non-hydrogen) atoms.